The lowest BCUT2D eigenvalue weighted by Gasteiger charge is -2.13. The van der Waals surface area contributed by atoms with Crippen LogP contribution in [-0.4, -0.2) is 23.2 Å². The van der Waals surface area contributed by atoms with Gasteiger partial charge in [-0.3, -0.25) is 5.21 Å². The van der Waals surface area contributed by atoms with Gasteiger partial charge in [-0.25, -0.2) is 9.86 Å². The van der Waals surface area contributed by atoms with Gasteiger partial charge >= 0.3 is 0 Å². The minimum Gasteiger partial charge on any atom is -0.494 e. The number of carbonyl (C=O) groups excluding carboxylic acids is 1. The van der Waals surface area contributed by atoms with Gasteiger partial charge in [-0.1, -0.05) is 0 Å². The highest BCUT2D eigenvalue weighted by Crippen LogP contribution is 2.43. The first kappa shape index (κ1) is 9.96. The van der Waals surface area contributed by atoms with Crippen LogP contribution >= 0.6 is 0 Å². The van der Waals surface area contributed by atoms with Crippen LogP contribution in [0.3, 0.4) is 0 Å². The van der Waals surface area contributed by atoms with Crippen molar-refractivity contribution in [2.75, 3.05) is 12.2 Å². The molecular formula is C12H10N2O3. The summed E-state index contributed by atoms with van der Waals surface area (Å²) in [6, 6.07) is 3.71. The van der Waals surface area contributed by atoms with Crippen molar-refractivity contribution in [1.82, 2.24) is 4.98 Å². The molecule has 2 heterocycles. The van der Waals surface area contributed by atoms with Crippen LogP contribution in [0.25, 0.3) is 10.9 Å². The van der Waals surface area contributed by atoms with Crippen molar-refractivity contribution in [2.45, 2.75) is 6.42 Å². The van der Waals surface area contributed by atoms with Crippen LogP contribution in [0.15, 0.2) is 24.0 Å². The van der Waals surface area contributed by atoms with E-state index in [1.165, 1.54) is 7.11 Å². The standard InChI is InChI=1S/C12H10N2O3/c1-17-11-5-10-8(2-3-13-10)9-4-7(6-15)14(16)12(9)11/h2-3,5,13,16H,4H2,1H3. The molecule has 0 atom stereocenters. The Bertz CT molecular complexity index is 653. The van der Waals surface area contributed by atoms with Crippen molar-refractivity contribution in [3.63, 3.8) is 0 Å². The number of aromatic amines is 1. The van der Waals surface area contributed by atoms with E-state index in [1.807, 2.05) is 12.3 Å². The third-order valence-corrected chi connectivity index (χ3v) is 3.05. The molecule has 3 rings (SSSR count). The molecule has 0 bridgehead atoms. The second-order valence-corrected chi connectivity index (χ2v) is 3.88. The maximum Gasteiger partial charge on any atom is 0.148 e. The predicted molar refractivity (Wildman–Crippen MR) is 62.0 cm³/mol. The third-order valence-electron chi connectivity index (χ3n) is 3.05. The average molecular weight is 230 g/mol. The van der Waals surface area contributed by atoms with E-state index in [1.54, 1.807) is 12.0 Å². The number of nitrogens with one attached hydrogen (secondary N) is 1. The Morgan fingerprint density at radius 1 is 1.59 bits per heavy atom. The Kier molecular flexibility index (Phi) is 1.98. The molecule has 1 aliphatic rings. The van der Waals surface area contributed by atoms with Crippen molar-refractivity contribution in [1.29, 1.82) is 0 Å². The Labute approximate surface area is 96.9 Å². The van der Waals surface area contributed by atoms with Crippen molar-refractivity contribution in [2.24, 2.45) is 0 Å². The molecule has 0 radical (unpaired) electrons. The average Bonchev–Trinajstić information content (AvgIpc) is 2.92. The fourth-order valence-electron chi connectivity index (χ4n) is 2.26. The molecule has 0 spiro atoms. The lowest BCUT2D eigenvalue weighted by Crippen LogP contribution is -2.13. The molecule has 5 nitrogen and oxygen atoms in total. The summed E-state index contributed by atoms with van der Waals surface area (Å²) in [5.41, 5.74) is 2.52. The molecule has 17 heavy (non-hydrogen) atoms. The molecule has 2 aromatic rings. The number of hydrogen-bond donors (Lipinski definition) is 2. The SMILES string of the molecule is COc1cc2[nH]ccc2c2c1N(O)C(=C=O)C2. The van der Waals surface area contributed by atoms with Gasteiger partial charge in [0.1, 0.15) is 23.1 Å². The van der Waals surface area contributed by atoms with Gasteiger partial charge in [0, 0.05) is 29.6 Å². The number of anilines is 1. The maximum atomic E-state index is 10.7. The first-order chi connectivity index (χ1) is 8.26. The van der Waals surface area contributed by atoms with Gasteiger partial charge < -0.3 is 9.72 Å². The Morgan fingerprint density at radius 3 is 3.12 bits per heavy atom. The highest BCUT2D eigenvalue weighted by Gasteiger charge is 2.30. The van der Waals surface area contributed by atoms with E-state index >= 15 is 0 Å². The summed E-state index contributed by atoms with van der Waals surface area (Å²) in [5.74, 6) is 2.28. The summed E-state index contributed by atoms with van der Waals surface area (Å²) in [4.78, 5) is 13.8. The number of aromatic nitrogens is 1. The van der Waals surface area contributed by atoms with Crippen LogP contribution in [0.5, 0.6) is 5.75 Å². The zero-order valence-electron chi connectivity index (χ0n) is 9.15. The van der Waals surface area contributed by atoms with E-state index in [-0.39, 0.29) is 5.70 Å². The van der Waals surface area contributed by atoms with Crippen molar-refractivity contribution < 1.29 is 14.7 Å². The normalized spacial score (nSPS) is 14.0. The molecule has 0 saturated heterocycles. The highest BCUT2D eigenvalue weighted by molar-refractivity contribution is 5.95. The maximum absolute atomic E-state index is 10.7. The molecule has 0 amide bonds. The van der Waals surface area contributed by atoms with E-state index in [0.29, 0.717) is 17.9 Å². The lowest BCUT2D eigenvalue weighted by molar-refractivity contribution is 0.283. The number of rotatable bonds is 1. The molecule has 1 aromatic carbocycles. The van der Waals surface area contributed by atoms with E-state index in [4.69, 9.17) is 4.74 Å². The molecule has 2 N–H and O–H groups in total. The van der Waals surface area contributed by atoms with Gasteiger partial charge in [-0.15, -0.1) is 0 Å². The van der Waals surface area contributed by atoms with E-state index in [9.17, 15) is 10.0 Å². The van der Waals surface area contributed by atoms with Crippen LogP contribution in [0, 0.1) is 0 Å². The summed E-state index contributed by atoms with van der Waals surface area (Å²) in [6.07, 6.45) is 2.18. The molecule has 5 heteroatoms. The van der Waals surface area contributed by atoms with Crippen LogP contribution in [-0.2, 0) is 11.2 Å². The summed E-state index contributed by atoms with van der Waals surface area (Å²) in [7, 11) is 1.53. The number of allylic oxidation sites excluding steroid dienone is 1. The number of H-pyrrole nitrogens is 1. The Morgan fingerprint density at radius 2 is 2.41 bits per heavy atom. The fraction of sp³-hybridized carbons (Fsp3) is 0.167. The van der Waals surface area contributed by atoms with Gasteiger partial charge in [-0.05, 0) is 11.6 Å². The zero-order valence-corrected chi connectivity index (χ0v) is 9.15. The van der Waals surface area contributed by atoms with Crippen molar-refractivity contribution in [3.8, 4) is 5.75 Å². The second-order valence-electron chi connectivity index (χ2n) is 3.88. The van der Waals surface area contributed by atoms with Crippen molar-refractivity contribution in [3.05, 3.63) is 29.6 Å². The van der Waals surface area contributed by atoms with Crippen LogP contribution < -0.4 is 9.80 Å². The van der Waals surface area contributed by atoms with Gasteiger partial charge in [0.2, 0.25) is 0 Å². The van der Waals surface area contributed by atoms with Crippen molar-refractivity contribution >= 4 is 22.5 Å². The highest BCUT2D eigenvalue weighted by atomic mass is 16.5. The monoisotopic (exact) mass is 230 g/mol. The topological polar surface area (TPSA) is 65.6 Å². The number of benzene rings is 1. The summed E-state index contributed by atoms with van der Waals surface area (Å²) in [5, 5.41) is 11.7. The fourth-order valence-corrected chi connectivity index (χ4v) is 2.26. The molecule has 0 saturated carbocycles. The lowest BCUT2D eigenvalue weighted by atomic mass is 10.1. The van der Waals surface area contributed by atoms with Gasteiger partial charge in [0.15, 0.2) is 0 Å². The number of nitrogens with zero attached hydrogens (tertiary/aromatic N) is 1. The smallest absolute Gasteiger partial charge is 0.148 e. The molecular weight excluding hydrogens is 220 g/mol. The number of hydroxylamine groups is 1. The zero-order chi connectivity index (χ0) is 12.0. The minimum absolute atomic E-state index is 0.201. The van der Waals surface area contributed by atoms with Crippen LogP contribution in [0.1, 0.15) is 5.56 Å². The molecule has 1 aromatic heterocycles. The van der Waals surface area contributed by atoms with Crippen LogP contribution in [0.2, 0.25) is 0 Å². The van der Waals surface area contributed by atoms with Crippen LogP contribution in [0.4, 0.5) is 5.69 Å². The van der Waals surface area contributed by atoms with Gasteiger partial charge in [0.05, 0.1) is 7.11 Å². The largest absolute Gasteiger partial charge is 0.494 e. The molecule has 0 aliphatic carbocycles. The summed E-state index contributed by atoms with van der Waals surface area (Å²) < 4.78 is 5.23. The van der Waals surface area contributed by atoms with E-state index in [0.717, 1.165) is 21.5 Å². The second kappa shape index (κ2) is 3.38. The van der Waals surface area contributed by atoms with Gasteiger partial charge in [0.25, 0.3) is 0 Å². The molecule has 0 fully saturated rings. The number of fused-ring (bicyclic) bond motifs is 3. The molecule has 86 valence electrons. The number of methoxy groups -OCH3 is 1. The molecule has 1 aliphatic heterocycles. The minimum atomic E-state index is 0.201. The quantitative estimate of drug-likeness (QED) is 0.731. The molecule has 0 unspecified atom stereocenters. The number of ether oxygens (including phenoxy) is 1. The third kappa shape index (κ3) is 1.21. The Hall–Kier alpha value is -2.23. The van der Waals surface area contributed by atoms with Gasteiger partial charge in [-0.2, -0.15) is 0 Å². The Balaban J connectivity index is 2.39. The van der Waals surface area contributed by atoms with E-state index in [2.05, 4.69) is 4.98 Å². The summed E-state index contributed by atoms with van der Waals surface area (Å²) >= 11 is 0. The summed E-state index contributed by atoms with van der Waals surface area (Å²) in [6.45, 7) is 0. The first-order valence-electron chi connectivity index (χ1n) is 5.16. The number of hydrogen-bond acceptors (Lipinski definition) is 4. The first-order valence-corrected chi connectivity index (χ1v) is 5.16. The predicted octanol–water partition coefficient (Wildman–Crippen LogP) is 1.64. The van der Waals surface area contributed by atoms with E-state index < -0.39 is 0 Å².